The molecule has 30 heavy (non-hydrogen) atoms. The second kappa shape index (κ2) is 9.93. The largest absolute Gasteiger partial charge is 0.497 e. The van der Waals surface area contributed by atoms with E-state index in [1.54, 1.807) is 19.2 Å². The minimum atomic E-state index is -0.145. The Morgan fingerprint density at radius 2 is 1.80 bits per heavy atom. The first-order valence-corrected chi connectivity index (χ1v) is 10.4. The summed E-state index contributed by atoms with van der Waals surface area (Å²) in [5.41, 5.74) is 2.20. The van der Waals surface area contributed by atoms with Gasteiger partial charge in [-0.2, -0.15) is 0 Å². The first kappa shape index (κ1) is 21.4. The number of rotatable bonds is 8. The van der Waals surface area contributed by atoms with Crippen LogP contribution in [0, 0.1) is 0 Å². The number of aromatic nitrogens is 3. The van der Waals surface area contributed by atoms with Gasteiger partial charge in [-0.3, -0.25) is 9.59 Å². The van der Waals surface area contributed by atoms with Crippen molar-refractivity contribution in [3.8, 4) is 17.1 Å². The summed E-state index contributed by atoms with van der Waals surface area (Å²) in [6.07, 6.45) is 0. The van der Waals surface area contributed by atoms with Gasteiger partial charge in [0.2, 0.25) is 11.8 Å². The van der Waals surface area contributed by atoms with Gasteiger partial charge in [0.05, 0.1) is 12.9 Å². The van der Waals surface area contributed by atoms with E-state index in [0.717, 1.165) is 5.56 Å². The Balaban J connectivity index is 1.70. The smallest absolute Gasteiger partial charge is 0.234 e. The van der Waals surface area contributed by atoms with Gasteiger partial charge in [-0.25, -0.2) is 0 Å². The van der Waals surface area contributed by atoms with Crippen LogP contribution in [0.3, 0.4) is 0 Å². The third-order valence-corrected chi connectivity index (χ3v) is 5.13. The summed E-state index contributed by atoms with van der Waals surface area (Å²) in [5, 5.41) is 14.8. The Bertz CT molecular complexity index is 1050. The minimum Gasteiger partial charge on any atom is -0.497 e. The summed E-state index contributed by atoms with van der Waals surface area (Å²) < 4.78 is 7.11. The van der Waals surface area contributed by atoms with Gasteiger partial charge in [-0.15, -0.1) is 10.2 Å². The lowest BCUT2D eigenvalue weighted by Crippen LogP contribution is -2.14. The minimum absolute atomic E-state index is 0.137. The zero-order chi connectivity index (χ0) is 21.5. The molecular formula is C21H23N5O3S. The van der Waals surface area contributed by atoms with Gasteiger partial charge >= 0.3 is 0 Å². The molecule has 3 rings (SSSR count). The van der Waals surface area contributed by atoms with Crippen molar-refractivity contribution in [1.29, 1.82) is 0 Å². The molecule has 3 aromatic rings. The number of carbonyl (C=O) groups is 2. The van der Waals surface area contributed by atoms with Crippen LogP contribution in [0.25, 0.3) is 11.4 Å². The quantitative estimate of drug-likeness (QED) is 0.535. The van der Waals surface area contributed by atoms with Gasteiger partial charge in [0.25, 0.3) is 0 Å². The molecule has 0 saturated carbocycles. The Morgan fingerprint density at radius 3 is 2.50 bits per heavy atom. The van der Waals surface area contributed by atoms with E-state index in [-0.39, 0.29) is 17.6 Å². The molecule has 0 bridgehead atoms. The number of hydrogen-bond donors (Lipinski definition) is 2. The third kappa shape index (κ3) is 5.38. The Kier molecular flexibility index (Phi) is 7.08. The molecule has 2 N–H and O–H groups in total. The number of amides is 2. The standard InChI is InChI=1S/C21H23N5O3S/c1-4-26-20(15-7-5-8-16(11-15)22-14(2)27)24-25-21(26)30-13-19(28)23-17-9-6-10-18(12-17)29-3/h5-12H,4,13H2,1-3H3,(H,22,27)(H,23,28). The average molecular weight is 426 g/mol. The first-order valence-electron chi connectivity index (χ1n) is 9.38. The van der Waals surface area contributed by atoms with Crippen molar-refractivity contribution < 1.29 is 14.3 Å². The normalized spacial score (nSPS) is 10.5. The van der Waals surface area contributed by atoms with Gasteiger partial charge in [0.1, 0.15) is 5.75 Å². The van der Waals surface area contributed by atoms with Crippen molar-refractivity contribution in [2.45, 2.75) is 25.5 Å². The average Bonchev–Trinajstić information content (AvgIpc) is 3.15. The van der Waals surface area contributed by atoms with Crippen molar-refractivity contribution in [3.63, 3.8) is 0 Å². The molecule has 0 saturated heterocycles. The maximum absolute atomic E-state index is 12.3. The molecule has 0 spiro atoms. The van der Waals surface area contributed by atoms with Gasteiger partial charge in [0.15, 0.2) is 11.0 Å². The topological polar surface area (TPSA) is 98.1 Å². The van der Waals surface area contributed by atoms with Crippen LogP contribution < -0.4 is 15.4 Å². The molecule has 0 unspecified atom stereocenters. The number of benzene rings is 2. The Labute approximate surface area is 179 Å². The summed E-state index contributed by atoms with van der Waals surface area (Å²) in [4.78, 5) is 23.7. The van der Waals surface area contributed by atoms with Crippen LogP contribution in [0.4, 0.5) is 11.4 Å². The van der Waals surface area contributed by atoms with E-state index in [2.05, 4.69) is 20.8 Å². The van der Waals surface area contributed by atoms with Gasteiger partial charge in [-0.1, -0.05) is 30.0 Å². The highest BCUT2D eigenvalue weighted by molar-refractivity contribution is 7.99. The van der Waals surface area contributed by atoms with E-state index in [0.29, 0.717) is 34.6 Å². The molecule has 0 radical (unpaired) electrons. The number of ether oxygens (including phenoxy) is 1. The van der Waals surface area contributed by atoms with Crippen molar-refractivity contribution in [2.75, 3.05) is 23.5 Å². The van der Waals surface area contributed by atoms with Crippen LogP contribution in [-0.4, -0.2) is 39.4 Å². The molecule has 2 amide bonds. The fourth-order valence-corrected chi connectivity index (χ4v) is 3.66. The maximum atomic E-state index is 12.3. The molecule has 9 heteroatoms. The molecule has 0 fully saturated rings. The van der Waals surface area contributed by atoms with Crippen molar-refractivity contribution in [2.24, 2.45) is 0 Å². The van der Waals surface area contributed by atoms with Crippen molar-refractivity contribution in [1.82, 2.24) is 14.8 Å². The molecule has 0 aliphatic rings. The van der Waals surface area contributed by atoms with Crippen LogP contribution in [0.1, 0.15) is 13.8 Å². The van der Waals surface area contributed by atoms with E-state index >= 15 is 0 Å². The molecule has 0 aliphatic heterocycles. The summed E-state index contributed by atoms with van der Waals surface area (Å²) in [6.45, 7) is 4.10. The summed E-state index contributed by atoms with van der Waals surface area (Å²) in [5.74, 6) is 1.27. The highest BCUT2D eigenvalue weighted by atomic mass is 32.2. The van der Waals surface area contributed by atoms with E-state index in [1.165, 1.54) is 18.7 Å². The molecular weight excluding hydrogens is 402 g/mol. The maximum Gasteiger partial charge on any atom is 0.234 e. The predicted octanol–water partition coefficient (Wildman–Crippen LogP) is 3.66. The fraction of sp³-hybridized carbons (Fsp3) is 0.238. The van der Waals surface area contributed by atoms with Crippen LogP contribution in [0.2, 0.25) is 0 Å². The van der Waals surface area contributed by atoms with E-state index in [4.69, 9.17) is 4.74 Å². The lowest BCUT2D eigenvalue weighted by molar-refractivity contribution is -0.114. The number of carbonyl (C=O) groups excluding carboxylic acids is 2. The molecule has 0 aliphatic carbocycles. The zero-order valence-electron chi connectivity index (χ0n) is 17.0. The van der Waals surface area contributed by atoms with E-state index in [9.17, 15) is 9.59 Å². The van der Waals surface area contributed by atoms with Gasteiger partial charge < -0.3 is 19.9 Å². The third-order valence-electron chi connectivity index (χ3n) is 4.16. The van der Waals surface area contributed by atoms with E-state index < -0.39 is 0 Å². The van der Waals surface area contributed by atoms with Crippen molar-refractivity contribution in [3.05, 3.63) is 48.5 Å². The highest BCUT2D eigenvalue weighted by Gasteiger charge is 2.15. The monoisotopic (exact) mass is 425 g/mol. The molecule has 2 aromatic carbocycles. The SMILES string of the molecule is CCn1c(SCC(=O)Nc2cccc(OC)c2)nnc1-c1cccc(NC(C)=O)c1. The Morgan fingerprint density at radius 1 is 1.07 bits per heavy atom. The predicted molar refractivity (Wildman–Crippen MR) is 118 cm³/mol. The van der Waals surface area contributed by atoms with Crippen LogP contribution in [0.15, 0.2) is 53.7 Å². The lowest BCUT2D eigenvalue weighted by atomic mass is 10.2. The van der Waals surface area contributed by atoms with Crippen molar-refractivity contribution >= 4 is 35.0 Å². The molecule has 0 atom stereocenters. The van der Waals surface area contributed by atoms with Crippen LogP contribution in [-0.2, 0) is 16.1 Å². The van der Waals surface area contributed by atoms with Gasteiger partial charge in [0, 0.05) is 36.5 Å². The number of methoxy groups -OCH3 is 1. The number of thioether (sulfide) groups is 1. The van der Waals surface area contributed by atoms with Gasteiger partial charge in [-0.05, 0) is 31.2 Å². The summed E-state index contributed by atoms with van der Waals surface area (Å²) in [6, 6.07) is 14.6. The molecule has 8 nitrogen and oxygen atoms in total. The van der Waals surface area contributed by atoms with Crippen LogP contribution >= 0.6 is 11.8 Å². The van der Waals surface area contributed by atoms with Crippen LogP contribution in [0.5, 0.6) is 5.75 Å². The molecule has 1 heterocycles. The fourth-order valence-electron chi connectivity index (χ4n) is 2.86. The lowest BCUT2D eigenvalue weighted by Gasteiger charge is -2.09. The highest BCUT2D eigenvalue weighted by Crippen LogP contribution is 2.26. The number of nitrogens with zero attached hydrogens (tertiary/aromatic N) is 3. The van der Waals surface area contributed by atoms with E-state index in [1.807, 2.05) is 47.9 Å². The second-order valence-corrected chi connectivity index (χ2v) is 7.32. The molecule has 156 valence electrons. The first-order chi connectivity index (χ1) is 14.5. The zero-order valence-corrected chi connectivity index (χ0v) is 17.8. The number of nitrogens with one attached hydrogen (secondary N) is 2. The summed E-state index contributed by atoms with van der Waals surface area (Å²) in [7, 11) is 1.58. The number of anilines is 2. The summed E-state index contributed by atoms with van der Waals surface area (Å²) >= 11 is 1.32. The molecule has 1 aromatic heterocycles. The second-order valence-electron chi connectivity index (χ2n) is 6.38. The Hall–Kier alpha value is -3.33. The number of hydrogen-bond acceptors (Lipinski definition) is 6.